The molecule has 0 saturated heterocycles. The third-order valence-corrected chi connectivity index (χ3v) is 4.44. The minimum absolute atomic E-state index is 0.992. The van der Waals surface area contributed by atoms with Crippen LogP contribution in [-0.2, 0) is 13.1 Å². The highest BCUT2D eigenvalue weighted by Crippen LogP contribution is 2.35. The summed E-state index contributed by atoms with van der Waals surface area (Å²) >= 11 is 0. The predicted molar refractivity (Wildman–Crippen MR) is 75.9 cm³/mol. The van der Waals surface area contributed by atoms with Gasteiger partial charge in [-0.2, -0.15) is 9.13 Å². The van der Waals surface area contributed by atoms with Gasteiger partial charge < -0.3 is 0 Å². The van der Waals surface area contributed by atoms with E-state index in [9.17, 15) is 0 Å². The van der Waals surface area contributed by atoms with E-state index in [1.807, 2.05) is 0 Å². The predicted octanol–water partition coefficient (Wildman–Crippen LogP) is 2.32. The summed E-state index contributed by atoms with van der Waals surface area (Å²) in [5, 5.41) is 0. The summed E-state index contributed by atoms with van der Waals surface area (Å²) in [6.07, 6.45) is 4.34. The fraction of sp³-hybridized carbons (Fsp3) is 0.111. The van der Waals surface area contributed by atoms with Crippen LogP contribution in [0, 0.1) is 0 Å². The maximum atomic E-state index is 2.39. The molecule has 0 amide bonds. The molecule has 0 radical (unpaired) electrons. The molecule has 0 spiro atoms. The second-order valence-electron chi connectivity index (χ2n) is 5.59. The second-order valence-corrected chi connectivity index (χ2v) is 5.59. The lowest BCUT2D eigenvalue weighted by Crippen LogP contribution is -2.31. The molecule has 0 saturated carbocycles. The standard InChI is InChI=1S/C18H14N2/c1-3-7-19-11-13-10-16-14(9-15(13)17(19)5-1)12-20-8-4-2-6-18(16)20/h1-10H,11-12H2/q+2. The van der Waals surface area contributed by atoms with E-state index in [1.165, 1.54) is 33.6 Å². The number of pyridine rings is 2. The Kier molecular flexibility index (Phi) is 1.83. The van der Waals surface area contributed by atoms with Crippen LogP contribution in [0.4, 0.5) is 0 Å². The number of hydrogen-bond donors (Lipinski definition) is 0. The van der Waals surface area contributed by atoms with E-state index in [0.29, 0.717) is 0 Å². The Bertz CT molecular complexity index is 792. The molecular weight excluding hydrogens is 244 g/mol. The molecule has 0 aliphatic carbocycles. The van der Waals surface area contributed by atoms with Gasteiger partial charge in [0.2, 0.25) is 11.4 Å². The summed E-state index contributed by atoms with van der Waals surface area (Å²) in [4.78, 5) is 0. The second kappa shape index (κ2) is 3.54. The fourth-order valence-electron chi connectivity index (χ4n) is 3.51. The average Bonchev–Trinajstić information content (AvgIpc) is 3.02. The van der Waals surface area contributed by atoms with Crippen LogP contribution >= 0.6 is 0 Å². The van der Waals surface area contributed by atoms with Crippen molar-refractivity contribution in [2.75, 3.05) is 0 Å². The summed E-state index contributed by atoms with van der Waals surface area (Å²) in [7, 11) is 0. The number of nitrogens with zero attached hydrogens (tertiary/aromatic N) is 2. The molecule has 2 heteroatoms. The van der Waals surface area contributed by atoms with Crippen molar-refractivity contribution in [3.05, 3.63) is 72.1 Å². The molecular formula is C18H14N2+2. The first-order valence-corrected chi connectivity index (χ1v) is 7.04. The number of rotatable bonds is 0. The molecule has 2 aromatic heterocycles. The first kappa shape index (κ1) is 10.3. The van der Waals surface area contributed by atoms with Crippen molar-refractivity contribution in [2.24, 2.45) is 0 Å². The first-order valence-electron chi connectivity index (χ1n) is 7.04. The summed E-state index contributed by atoms with van der Waals surface area (Å²) in [5.74, 6) is 0. The zero-order valence-corrected chi connectivity index (χ0v) is 11.1. The van der Waals surface area contributed by atoms with Crippen LogP contribution in [-0.4, -0.2) is 0 Å². The molecule has 3 aromatic rings. The Balaban J connectivity index is 1.76. The van der Waals surface area contributed by atoms with Crippen LogP contribution < -0.4 is 9.13 Å². The molecule has 0 N–H and O–H groups in total. The lowest BCUT2D eigenvalue weighted by molar-refractivity contribution is -0.672. The molecule has 2 aliphatic heterocycles. The van der Waals surface area contributed by atoms with Crippen molar-refractivity contribution in [1.29, 1.82) is 0 Å². The molecule has 0 atom stereocenters. The van der Waals surface area contributed by atoms with Gasteiger partial charge in [0.05, 0.1) is 11.1 Å². The molecule has 2 aliphatic rings. The van der Waals surface area contributed by atoms with Crippen LogP contribution in [0.1, 0.15) is 11.1 Å². The summed E-state index contributed by atoms with van der Waals surface area (Å²) < 4.78 is 4.66. The smallest absolute Gasteiger partial charge is 0.194 e. The topological polar surface area (TPSA) is 7.76 Å². The van der Waals surface area contributed by atoms with E-state index in [2.05, 4.69) is 70.1 Å². The minimum Gasteiger partial charge on any atom is -0.194 e. The Labute approximate surface area is 117 Å². The van der Waals surface area contributed by atoms with Crippen LogP contribution in [0.2, 0.25) is 0 Å². The van der Waals surface area contributed by atoms with Crippen molar-refractivity contribution in [1.82, 2.24) is 0 Å². The molecule has 94 valence electrons. The normalized spacial score (nSPS) is 13.6. The van der Waals surface area contributed by atoms with Gasteiger partial charge in [-0.15, -0.1) is 0 Å². The number of hydrogen-bond acceptors (Lipinski definition) is 0. The molecule has 1 aromatic carbocycles. The average molecular weight is 258 g/mol. The zero-order valence-electron chi connectivity index (χ0n) is 11.1. The van der Waals surface area contributed by atoms with Crippen molar-refractivity contribution in [2.45, 2.75) is 13.1 Å². The minimum atomic E-state index is 0.992. The van der Waals surface area contributed by atoms with E-state index < -0.39 is 0 Å². The SMILES string of the molecule is c1cc[n+]2c(c1)-c1cc3c(cc1C2)-c1cccc[n+]1C3. The van der Waals surface area contributed by atoms with Crippen LogP contribution in [0.25, 0.3) is 22.5 Å². The molecule has 0 fully saturated rings. The number of benzene rings is 1. The van der Waals surface area contributed by atoms with Gasteiger partial charge in [-0.05, 0) is 24.3 Å². The maximum absolute atomic E-state index is 2.39. The summed E-state index contributed by atoms with van der Waals surface area (Å²) in [6, 6.07) is 17.7. The fourth-order valence-corrected chi connectivity index (χ4v) is 3.51. The third-order valence-electron chi connectivity index (χ3n) is 4.44. The molecule has 5 rings (SSSR count). The van der Waals surface area contributed by atoms with Gasteiger partial charge in [0.1, 0.15) is 0 Å². The summed E-state index contributed by atoms with van der Waals surface area (Å²) in [5.41, 5.74) is 8.35. The maximum Gasteiger partial charge on any atom is 0.213 e. The zero-order chi connectivity index (χ0) is 13.1. The largest absolute Gasteiger partial charge is 0.213 e. The van der Waals surface area contributed by atoms with Crippen LogP contribution in [0.3, 0.4) is 0 Å². The van der Waals surface area contributed by atoms with Crippen molar-refractivity contribution in [3.8, 4) is 22.5 Å². The summed E-state index contributed by atoms with van der Waals surface area (Å²) in [6.45, 7) is 1.98. The molecule has 20 heavy (non-hydrogen) atoms. The van der Waals surface area contributed by atoms with Gasteiger partial charge in [0, 0.05) is 35.4 Å². The highest BCUT2D eigenvalue weighted by Gasteiger charge is 2.32. The Morgan fingerprint density at radius 1 is 0.650 bits per heavy atom. The monoisotopic (exact) mass is 258 g/mol. The van der Waals surface area contributed by atoms with Gasteiger partial charge in [0.25, 0.3) is 0 Å². The molecule has 0 bridgehead atoms. The van der Waals surface area contributed by atoms with E-state index in [1.54, 1.807) is 0 Å². The van der Waals surface area contributed by atoms with Gasteiger partial charge in [-0.1, -0.05) is 0 Å². The number of aromatic nitrogens is 2. The van der Waals surface area contributed by atoms with E-state index in [-0.39, 0.29) is 0 Å². The lowest BCUT2D eigenvalue weighted by atomic mass is 9.98. The Morgan fingerprint density at radius 2 is 1.15 bits per heavy atom. The van der Waals surface area contributed by atoms with Crippen molar-refractivity contribution >= 4 is 0 Å². The van der Waals surface area contributed by atoms with Gasteiger partial charge >= 0.3 is 0 Å². The number of fused-ring (bicyclic) bond motifs is 6. The van der Waals surface area contributed by atoms with Gasteiger partial charge in [-0.25, -0.2) is 0 Å². The van der Waals surface area contributed by atoms with Crippen molar-refractivity contribution < 1.29 is 9.13 Å². The first-order chi connectivity index (χ1) is 9.90. The van der Waals surface area contributed by atoms with Gasteiger partial charge in [-0.3, -0.25) is 0 Å². The van der Waals surface area contributed by atoms with E-state index in [0.717, 1.165) is 13.1 Å². The lowest BCUT2D eigenvalue weighted by Gasteiger charge is -1.98. The van der Waals surface area contributed by atoms with Crippen molar-refractivity contribution in [3.63, 3.8) is 0 Å². The van der Waals surface area contributed by atoms with E-state index in [4.69, 9.17) is 0 Å². The van der Waals surface area contributed by atoms with Gasteiger partial charge in [0.15, 0.2) is 25.5 Å². The Morgan fingerprint density at radius 3 is 1.65 bits per heavy atom. The molecule has 2 nitrogen and oxygen atoms in total. The molecule has 4 heterocycles. The highest BCUT2D eigenvalue weighted by atomic mass is 15.0. The third kappa shape index (κ3) is 1.23. The van der Waals surface area contributed by atoms with Crippen LogP contribution in [0.5, 0.6) is 0 Å². The quantitative estimate of drug-likeness (QED) is 0.377. The Hall–Kier alpha value is -2.48. The molecule has 0 unspecified atom stereocenters. The van der Waals surface area contributed by atoms with Crippen LogP contribution in [0.15, 0.2) is 60.9 Å². The highest BCUT2D eigenvalue weighted by molar-refractivity contribution is 5.73. The van der Waals surface area contributed by atoms with E-state index >= 15 is 0 Å².